The summed E-state index contributed by atoms with van der Waals surface area (Å²) in [6, 6.07) is 8.84. The minimum atomic E-state index is 0.183. The number of H-pyrrole nitrogens is 1. The van der Waals surface area contributed by atoms with Crippen LogP contribution in [0.15, 0.2) is 30.5 Å². The first kappa shape index (κ1) is 13.8. The third-order valence-corrected chi connectivity index (χ3v) is 4.32. The van der Waals surface area contributed by atoms with E-state index in [1.165, 1.54) is 11.1 Å². The fraction of sp³-hybridized carbons (Fsp3) is 0.438. The predicted molar refractivity (Wildman–Crippen MR) is 79.7 cm³/mol. The van der Waals surface area contributed by atoms with Gasteiger partial charge in [-0.3, -0.25) is 4.79 Å². The minimum absolute atomic E-state index is 0.183. The molecule has 1 aromatic heterocycles. The molecule has 21 heavy (non-hydrogen) atoms. The molecule has 1 heterocycles. The zero-order valence-electron chi connectivity index (χ0n) is 12.2. The highest BCUT2D eigenvalue weighted by Crippen LogP contribution is 2.24. The van der Waals surface area contributed by atoms with Crippen LogP contribution >= 0.6 is 0 Å². The minimum Gasteiger partial charge on any atom is -0.342 e. The van der Waals surface area contributed by atoms with Crippen molar-refractivity contribution in [1.82, 2.24) is 20.3 Å². The number of likely N-dealkylation sites (N-methyl/N-ethyl adjacent to an activating group) is 1. The van der Waals surface area contributed by atoms with Gasteiger partial charge in [-0.1, -0.05) is 24.3 Å². The molecule has 0 radical (unpaired) electrons. The number of nitrogens with one attached hydrogen (secondary N) is 1. The van der Waals surface area contributed by atoms with Gasteiger partial charge in [0.2, 0.25) is 5.91 Å². The standard InChI is InChI=1S/C16H20N4O/c1-20(16(21)9-7-14-11-17-19-18-14)15-8-6-12-4-2-3-5-13(12)10-15/h2-5,11,15H,6-10H2,1H3,(H,17,18,19). The van der Waals surface area contributed by atoms with Crippen LogP contribution in [0.5, 0.6) is 0 Å². The van der Waals surface area contributed by atoms with Gasteiger partial charge in [0.1, 0.15) is 0 Å². The maximum absolute atomic E-state index is 12.3. The normalized spacial score (nSPS) is 17.3. The van der Waals surface area contributed by atoms with Crippen LogP contribution in [0.1, 0.15) is 29.7 Å². The first-order chi connectivity index (χ1) is 10.2. The van der Waals surface area contributed by atoms with Crippen molar-refractivity contribution >= 4 is 5.91 Å². The summed E-state index contributed by atoms with van der Waals surface area (Å²) < 4.78 is 0. The van der Waals surface area contributed by atoms with Gasteiger partial charge in [-0.25, -0.2) is 0 Å². The maximum atomic E-state index is 12.3. The Morgan fingerprint density at radius 2 is 2.19 bits per heavy atom. The molecule has 0 saturated carbocycles. The van der Waals surface area contributed by atoms with Gasteiger partial charge in [0.15, 0.2) is 0 Å². The van der Waals surface area contributed by atoms with E-state index in [0.29, 0.717) is 18.9 Å². The van der Waals surface area contributed by atoms with Crippen molar-refractivity contribution in [2.45, 2.75) is 38.1 Å². The maximum Gasteiger partial charge on any atom is 0.222 e. The number of hydrogen-bond donors (Lipinski definition) is 1. The predicted octanol–water partition coefficient (Wildman–Crippen LogP) is 1.75. The third-order valence-electron chi connectivity index (χ3n) is 4.32. The van der Waals surface area contributed by atoms with E-state index in [4.69, 9.17) is 0 Å². The Hall–Kier alpha value is -2.17. The molecule has 0 saturated heterocycles. The zero-order chi connectivity index (χ0) is 14.7. The second kappa shape index (κ2) is 6.08. The van der Waals surface area contributed by atoms with Crippen molar-refractivity contribution in [3.8, 4) is 0 Å². The molecule has 110 valence electrons. The summed E-state index contributed by atoms with van der Waals surface area (Å²) in [5, 5.41) is 10.3. The van der Waals surface area contributed by atoms with Crippen molar-refractivity contribution in [2.75, 3.05) is 7.05 Å². The lowest BCUT2D eigenvalue weighted by molar-refractivity contribution is -0.132. The van der Waals surface area contributed by atoms with Crippen molar-refractivity contribution in [3.05, 3.63) is 47.3 Å². The van der Waals surface area contributed by atoms with Crippen LogP contribution in [0.2, 0.25) is 0 Å². The monoisotopic (exact) mass is 284 g/mol. The summed E-state index contributed by atoms with van der Waals surface area (Å²) in [6.07, 6.45) is 5.86. The molecule has 5 heteroatoms. The number of benzene rings is 1. The topological polar surface area (TPSA) is 61.9 Å². The van der Waals surface area contributed by atoms with Crippen LogP contribution in [0.3, 0.4) is 0 Å². The van der Waals surface area contributed by atoms with Crippen molar-refractivity contribution in [3.63, 3.8) is 0 Å². The van der Waals surface area contributed by atoms with Gasteiger partial charge in [-0.05, 0) is 30.4 Å². The molecule has 1 amide bonds. The Morgan fingerprint density at radius 3 is 2.95 bits per heavy atom. The average molecular weight is 284 g/mol. The van der Waals surface area contributed by atoms with E-state index >= 15 is 0 Å². The summed E-state index contributed by atoms with van der Waals surface area (Å²) in [5.41, 5.74) is 3.65. The molecule has 1 atom stereocenters. The molecule has 3 rings (SSSR count). The molecule has 2 aromatic rings. The van der Waals surface area contributed by atoms with E-state index in [1.54, 1.807) is 6.20 Å². The second-order valence-electron chi connectivity index (χ2n) is 5.63. The van der Waals surface area contributed by atoms with E-state index in [9.17, 15) is 4.79 Å². The van der Waals surface area contributed by atoms with E-state index < -0.39 is 0 Å². The molecule has 1 aliphatic rings. The first-order valence-corrected chi connectivity index (χ1v) is 7.41. The van der Waals surface area contributed by atoms with Crippen LogP contribution in [0.4, 0.5) is 0 Å². The highest BCUT2D eigenvalue weighted by atomic mass is 16.2. The summed E-state index contributed by atoms with van der Waals surface area (Å²) in [4.78, 5) is 14.2. The molecular formula is C16H20N4O. The third kappa shape index (κ3) is 3.12. The van der Waals surface area contributed by atoms with E-state index in [-0.39, 0.29) is 5.91 Å². The Morgan fingerprint density at radius 1 is 1.38 bits per heavy atom. The lowest BCUT2D eigenvalue weighted by Gasteiger charge is -2.32. The molecule has 0 spiro atoms. The number of carbonyl (C=O) groups is 1. The number of fused-ring (bicyclic) bond motifs is 1. The summed E-state index contributed by atoms with van der Waals surface area (Å²) in [7, 11) is 1.92. The van der Waals surface area contributed by atoms with E-state index in [2.05, 4.69) is 39.7 Å². The number of aryl methyl sites for hydroxylation is 2. The van der Waals surface area contributed by atoms with Gasteiger partial charge in [-0.2, -0.15) is 15.4 Å². The molecule has 5 nitrogen and oxygen atoms in total. The van der Waals surface area contributed by atoms with Crippen LogP contribution in [-0.4, -0.2) is 39.3 Å². The Bertz CT molecular complexity index is 608. The molecule has 1 aliphatic carbocycles. The van der Waals surface area contributed by atoms with Gasteiger partial charge in [-0.15, -0.1) is 0 Å². The number of aromatic nitrogens is 3. The number of nitrogens with zero attached hydrogens (tertiary/aromatic N) is 3. The van der Waals surface area contributed by atoms with Crippen LogP contribution in [0, 0.1) is 0 Å². The van der Waals surface area contributed by atoms with Crippen molar-refractivity contribution in [1.29, 1.82) is 0 Å². The Kier molecular flexibility index (Phi) is 3.99. The molecule has 0 aliphatic heterocycles. The van der Waals surface area contributed by atoms with Crippen LogP contribution in [-0.2, 0) is 24.1 Å². The quantitative estimate of drug-likeness (QED) is 0.930. The van der Waals surface area contributed by atoms with Gasteiger partial charge >= 0.3 is 0 Å². The van der Waals surface area contributed by atoms with Gasteiger partial charge in [0.05, 0.1) is 11.9 Å². The molecule has 0 fully saturated rings. The molecule has 1 aromatic carbocycles. The number of hydrogen-bond acceptors (Lipinski definition) is 3. The van der Waals surface area contributed by atoms with E-state index in [0.717, 1.165) is 25.0 Å². The first-order valence-electron chi connectivity index (χ1n) is 7.41. The smallest absolute Gasteiger partial charge is 0.222 e. The van der Waals surface area contributed by atoms with Crippen molar-refractivity contribution < 1.29 is 4.79 Å². The number of aromatic amines is 1. The highest BCUT2D eigenvalue weighted by Gasteiger charge is 2.24. The fourth-order valence-corrected chi connectivity index (χ4v) is 2.97. The number of carbonyl (C=O) groups excluding carboxylic acids is 1. The van der Waals surface area contributed by atoms with Gasteiger partial charge in [0.25, 0.3) is 0 Å². The summed E-state index contributed by atoms with van der Waals surface area (Å²) in [5.74, 6) is 0.183. The van der Waals surface area contributed by atoms with Crippen LogP contribution < -0.4 is 0 Å². The summed E-state index contributed by atoms with van der Waals surface area (Å²) in [6.45, 7) is 0. The Labute approximate surface area is 124 Å². The fourth-order valence-electron chi connectivity index (χ4n) is 2.97. The van der Waals surface area contributed by atoms with E-state index in [1.807, 2.05) is 11.9 Å². The highest BCUT2D eigenvalue weighted by molar-refractivity contribution is 5.76. The van der Waals surface area contributed by atoms with Crippen LogP contribution in [0.25, 0.3) is 0 Å². The lowest BCUT2D eigenvalue weighted by Crippen LogP contribution is -2.40. The number of amides is 1. The van der Waals surface area contributed by atoms with Gasteiger partial charge < -0.3 is 4.90 Å². The summed E-state index contributed by atoms with van der Waals surface area (Å²) >= 11 is 0. The largest absolute Gasteiger partial charge is 0.342 e. The number of rotatable bonds is 4. The van der Waals surface area contributed by atoms with Gasteiger partial charge in [0, 0.05) is 25.9 Å². The molecular weight excluding hydrogens is 264 g/mol. The Balaban J connectivity index is 1.58. The lowest BCUT2D eigenvalue weighted by atomic mass is 9.87. The second-order valence-corrected chi connectivity index (χ2v) is 5.63. The van der Waals surface area contributed by atoms with Crippen molar-refractivity contribution in [2.24, 2.45) is 0 Å². The molecule has 1 N–H and O–H groups in total. The SMILES string of the molecule is CN(C(=O)CCc1cn[nH]n1)C1CCc2ccccc2C1. The average Bonchev–Trinajstić information content (AvgIpc) is 3.05. The zero-order valence-corrected chi connectivity index (χ0v) is 12.2. The molecule has 1 unspecified atom stereocenters. The molecule has 0 bridgehead atoms.